The highest BCUT2D eigenvalue weighted by Gasteiger charge is 2.14. The van der Waals surface area contributed by atoms with Gasteiger partial charge in [0.15, 0.2) is 0 Å². The summed E-state index contributed by atoms with van der Waals surface area (Å²) in [6.07, 6.45) is 2.85. The van der Waals surface area contributed by atoms with Crippen LogP contribution in [0, 0.1) is 5.92 Å². The van der Waals surface area contributed by atoms with E-state index in [4.69, 9.17) is 4.74 Å². The molecule has 0 aliphatic carbocycles. The fourth-order valence-electron chi connectivity index (χ4n) is 1.27. The molecule has 11 heavy (non-hydrogen) atoms. The van der Waals surface area contributed by atoms with Gasteiger partial charge in [0.2, 0.25) is 0 Å². The average Bonchev–Trinajstić information content (AvgIpc) is 2.52. The fourth-order valence-corrected chi connectivity index (χ4v) is 1.27. The van der Waals surface area contributed by atoms with Crippen LogP contribution in [0.25, 0.3) is 0 Å². The Morgan fingerprint density at radius 3 is 3.00 bits per heavy atom. The van der Waals surface area contributed by atoms with Gasteiger partial charge in [-0.3, -0.25) is 0 Å². The maximum absolute atomic E-state index is 5.64. The van der Waals surface area contributed by atoms with E-state index in [1.807, 2.05) is 0 Å². The minimum atomic E-state index is 0.440. The maximum atomic E-state index is 5.64. The minimum Gasteiger partial charge on any atom is -0.378 e. The summed E-state index contributed by atoms with van der Waals surface area (Å²) in [6.45, 7) is 7.58. The summed E-state index contributed by atoms with van der Waals surface area (Å²) in [5, 5.41) is 3.33. The van der Waals surface area contributed by atoms with Gasteiger partial charge in [0.1, 0.15) is 0 Å². The molecule has 0 spiro atoms. The highest BCUT2D eigenvalue weighted by Crippen LogP contribution is 2.09. The van der Waals surface area contributed by atoms with Crippen molar-refractivity contribution in [3.63, 3.8) is 0 Å². The minimum absolute atomic E-state index is 0.440. The number of rotatable bonds is 4. The first-order chi connectivity index (χ1) is 5.33. The van der Waals surface area contributed by atoms with Gasteiger partial charge in [-0.2, -0.15) is 0 Å². The normalized spacial score (nSPS) is 27.3. The first-order valence-electron chi connectivity index (χ1n) is 4.65. The second-order valence-electron chi connectivity index (χ2n) is 3.41. The van der Waals surface area contributed by atoms with E-state index in [1.54, 1.807) is 0 Å². The van der Waals surface area contributed by atoms with E-state index in [2.05, 4.69) is 19.2 Å². The second kappa shape index (κ2) is 4.73. The Bertz CT molecular complexity index is 99.7. The largest absolute Gasteiger partial charge is 0.378 e. The van der Waals surface area contributed by atoms with E-state index in [0.29, 0.717) is 6.10 Å². The summed E-state index contributed by atoms with van der Waals surface area (Å²) in [5.41, 5.74) is 0. The molecule has 1 aliphatic heterocycles. The quantitative estimate of drug-likeness (QED) is 0.666. The standard InChI is InChI=1S/C9H19NO/c1-3-8(2)11-7-9-4-5-10-6-9/h8-10H,3-7H2,1-2H3. The van der Waals surface area contributed by atoms with Crippen molar-refractivity contribution >= 4 is 0 Å². The molecule has 1 heterocycles. The summed E-state index contributed by atoms with van der Waals surface area (Å²) in [7, 11) is 0. The van der Waals surface area contributed by atoms with Crippen molar-refractivity contribution in [1.29, 1.82) is 0 Å². The zero-order chi connectivity index (χ0) is 8.10. The van der Waals surface area contributed by atoms with Crippen molar-refractivity contribution in [3.05, 3.63) is 0 Å². The van der Waals surface area contributed by atoms with Gasteiger partial charge in [-0.1, -0.05) is 6.92 Å². The Morgan fingerprint density at radius 1 is 1.64 bits per heavy atom. The van der Waals surface area contributed by atoms with Crippen LogP contribution in [0.3, 0.4) is 0 Å². The fraction of sp³-hybridized carbons (Fsp3) is 1.00. The van der Waals surface area contributed by atoms with Crippen molar-refractivity contribution in [2.24, 2.45) is 5.92 Å². The molecule has 1 saturated heterocycles. The molecule has 1 N–H and O–H groups in total. The van der Waals surface area contributed by atoms with Crippen molar-refractivity contribution < 1.29 is 4.74 Å². The average molecular weight is 157 g/mol. The van der Waals surface area contributed by atoms with E-state index < -0.39 is 0 Å². The Kier molecular flexibility index (Phi) is 3.87. The van der Waals surface area contributed by atoms with Gasteiger partial charge in [0, 0.05) is 6.54 Å². The number of nitrogens with one attached hydrogen (secondary N) is 1. The molecular formula is C9H19NO. The van der Waals surface area contributed by atoms with Crippen molar-refractivity contribution in [2.75, 3.05) is 19.7 Å². The lowest BCUT2D eigenvalue weighted by atomic mass is 10.1. The summed E-state index contributed by atoms with van der Waals surface area (Å²) >= 11 is 0. The van der Waals surface area contributed by atoms with Crippen LogP contribution in [0.2, 0.25) is 0 Å². The molecule has 0 aromatic heterocycles. The topological polar surface area (TPSA) is 21.3 Å². The van der Waals surface area contributed by atoms with E-state index in [1.165, 1.54) is 13.0 Å². The van der Waals surface area contributed by atoms with Gasteiger partial charge in [-0.15, -0.1) is 0 Å². The van der Waals surface area contributed by atoms with Crippen LogP contribution in [0.4, 0.5) is 0 Å². The van der Waals surface area contributed by atoms with Crippen LogP contribution in [0.15, 0.2) is 0 Å². The zero-order valence-corrected chi connectivity index (χ0v) is 7.60. The van der Waals surface area contributed by atoms with Crippen LogP contribution < -0.4 is 5.32 Å². The summed E-state index contributed by atoms with van der Waals surface area (Å²) in [6, 6.07) is 0. The van der Waals surface area contributed by atoms with Crippen LogP contribution in [-0.2, 0) is 4.74 Å². The van der Waals surface area contributed by atoms with Gasteiger partial charge < -0.3 is 10.1 Å². The van der Waals surface area contributed by atoms with Crippen molar-refractivity contribution in [3.8, 4) is 0 Å². The van der Waals surface area contributed by atoms with E-state index >= 15 is 0 Å². The lowest BCUT2D eigenvalue weighted by Gasteiger charge is -2.13. The third-order valence-electron chi connectivity index (χ3n) is 2.35. The third-order valence-corrected chi connectivity index (χ3v) is 2.35. The van der Waals surface area contributed by atoms with Crippen molar-refractivity contribution in [1.82, 2.24) is 5.32 Å². The van der Waals surface area contributed by atoms with Crippen LogP contribution in [0.1, 0.15) is 26.7 Å². The molecule has 0 bridgehead atoms. The molecule has 0 aromatic rings. The molecule has 1 rings (SSSR count). The smallest absolute Gasteiger partial charge is 0.0544 e. The Hall–Kier alpha value is -0.0800. The Labute approximate surface area is 69.3 Å². The van der Waals surface area contributed by atoms with Gasteiger partial charge >= 0.3 is 0 Å². The number of ether oxygens (including phenoxy) is 1. The van der Waals surface area contributed by atoms with Gasteiger partial charge in [-0.05, 0) is 32.2 Å². The number of hydrogen-bond donors (Lipinski definition) is 1. The molecule has 1 fully saturated rings. The molecule has 66 valence electrons. The molecule has 1 aliphatic rings. The Balaban J connectivity index is 2.01. The summed E-state index contributed by atoms with van der Waals surface area (Å²) < 4.78 is 5.64. The van der Waals surface area contributed by atoms with E-state index in [9.17, 15) is 0 Å². The lowest BCUT2D eigenvalue weighted by Crippen LogP contribution is -2.17. The van der Waals surface area contributed by atoms with Gasteiger partial charge in [0.05, 0.1) is 12.7 Å². The summed E-state index contributed by atoms with van der Waals surface area (Å²) in [5.74, 6) is 0.768. The first kappa shape index (κ1) is 9.01. The number of hydrogen-bond acceptors (Lipinski definition) is 2. The molecule has 2 heteroatoms. The predicted molar refractivity (Wildman–Crippen MR) is 46.7 cm³/mol. The molecule has 0 saturated carbocycles. The van der Waals surface area contributed by atoms with Crippen molar-refractivity contribution in [2.45, 2.75) is 32.8 Å². The maximum Gasteiger partial charge on any atom is 0.0544 e. The second-order valence-corrected chi connectivity index (χ2v) is 3.41. The van der Waals surface area contributed by atoms with Gasteiger partial charge in [-0.25, -0.2) is 0 Å². The molecular weight excluding hydrogens is 138 g/mol. The monoisotopic (exact) mass is 157 g/mol. The van der Waals surface area contributed by atoms with Crippen LogP contribution >= 0.6 is 0 Å². The molecule has 2 unspecified atom stereocenters. The molecule has 0 amide bonds. The van der Waals surface area contributed by atoms with Crippen LogP contribution in [0.5, 0.6) is 0 Å². The Morgan fingerprint density at radius 2 is 2.45 bits per heavy atom. The zero-order valence-electron chi connectivity index (χ0n) is 7.60. The van der Waals surface area contributed by atoms with E-state index in [-0.39, 0.29) is 0 Å². The molecule has 0 radical (unpaired) electrons. The highest BCUT2D eigenvalue weighted by atomic mass is 16.5. The highest BCUT2D eigenvalue weighted by molar-refractivity contribution is 4.70. The van der Waals surface area contributed by atoms with E-state index in [0.717, 1.165) is 25.5 Å². The lowest BCUT2D eigenvalue weighted by molar-refractivity contribution is 0.0422. The molecule has 2 nitrogen and oxygen atoms in total. The summed E-state index contributed by atoms with van der Waals surface area (Å²) in [4.78, 5) is 0. The molecule has 2 atom stereocenters. The predicted octanol–water partition coefficient (Wildman–Crippen LogP) is 1.41. The first-order valence-corrected chi connectivity index (χ1v) is 4.65. The van der Waals surface area contributed by atoms with Crippen LogP contribution in [-0.4, -0.2) is 25.8 Å². The van der Waals surface area contributed by atoms with Gasteiger partial charge in [0.25, 0.3) is 0 Å². The molecule has 0 aromatic carbocycles. The third kappa shape index (κ3) is 3.21. The SMILES string of the molecule is CCC(C)OCC1CCNC1.